The van der Waals surface area contributed by atoms with Gasteiger partial charge in [-0.25, -0.2) is 4.79 Å². The Balaban J connectivity index is 1.47. The molecule has 0 bridgehead atoms. The molecule has 0 N–H and O–H groups in total. The average molecular weight is 522 g/mol. The van der Waals surface area contributed by atoms with Crippen LogP contribution in [0.3, 0.4) is 0 Å². The summed E-state index contributed by atoms with van der Waals surface area (Å²) in [6.45, 7) is 2.44. The molecule has 5 nitrogen and oxygen atoms in total. The SMILES string of the molecule is CCOC(=O)COc1ccc(Cl)cc1[C@@H]1Sc2ccccc2CCN1C(=O)[C@H]1C[C@@H]1c1ccccc1. The summed E-state index contributed by atoms with van der Waals surface area (Å²) in [4.78, 5) is 29.0. The molecule has 0 radical (unpaired) electrons. The molecule has 0 unspecified atom stereocenters. The maximum atomic E-state index is 13.9. The van der Waals surface area contributed by atoms with E-state index < -0.39 is 5.97 Å². The Kier molecular flexibility index (Phi) is 7.54. The topological polar surface area (TPSA) is 55.8 Å². The minimum atomic E-state index is -0.436. The van der Waals surface area contributed by atoms with Gasteiger partial charge < -0.3 is 14.4 Å². The van der Waals surface area contributed by atoms with Crippen LogP contribution in [-0.2, 0) is 20.7 Å². The number of amides is 1. The summed E-state index contributed by atoms with van der Waals surface area (Å²) in [6.07, 6.45) is 1.62. The van der Waals surface area contributed by atoms with E-state index in [1.165, 1.54) is 11.1 Å². The smallest absolute Gasteiger partial charge is 0.344 e. The Labute approximate surface area is 220 Å². The number of hydrogen-bond donors (Lipinski definition) is 0. The van der Waals surface area contributed by atoms with E-state index in [1.807, 2.05) is 41.3 Å². The highest BCUT2D eigenvalue weighted by Gasteiger charge is 2.47. The van der Waals surface area contributed by atoms with Gasteiger partial charge in [0.1, 0.15) is 11.1 Å². The number of halogens is 1. The lowest BCUT2D eigenvalue weighted by Gasteiger charge is -2.31. The van der Waals surface area contributed by atoms with Gasteiger partial charge in [0.15, 0.2) is 6.61 Å². The molecule has 2 aliphatic rings. The quantitative estimate of drug-likeness (QED) is 0.343. The number of thioether (sulfide) groups is 1. The van der Waals surface area contributed by atoms with Crippen molar-refractivity contribution in [3.05, 3.63) is 94.5 Å². The molecule has 0 saturated heterocycles. The zero-order chi connectivity index (χ0) is 25.1. The maximum Gasteiger partial charge on any atom is 0.344 e. The predicted octanol–water partition coefficient (Wildman–Crippen LogP) is 6.26. The van der Waals surface area contributed by atoms with E-state index in [1.54, 1.807) is 30.8 Å². The Bertz CT molecular complexity index is 1250. The molecule has 1 heterocycles. The highest BCUT2D eigenvalue weighted by atomic mass is 35.5. The number of carbonyl (C=O) groups excluding carboxylic acids is 2. The van der Waals surface area contributed by atoms with Crippen molar-refractivity contribution in [3.63, 3.8) is 0 Å². The van der Waals surface area contributed by atoms with Gasteiger partial charge in [0.05, 0.1) is 6.61 Å². The van der Waals surface area contributed by atoms with Crippen LogP contribution in [0, 0.1) is 5.92 Å². The van der Waals surface area contributed by atoms with Gasteiger partial charge >= 0.3 is 5.97 Å². The lowest BCUT2D eigenvalue weighted by atomic mass is 10.1. The monoisotopic (exact) mass is 521 g/mol. The zero-order valence-electron chi connectivity index (χ0n) is 20.1. The van der Waals surface area contributed by atoms with Gasteiger partial charge in [0.2, 0.25) is 5.91 Å². The third kappa shape index (κ3) is 5.40. The number of rotatable bonds is 7. The van der Waals surface area contributed by atoms with E-state index >= 15 is 0 Å². The number of benzene rings is 3. The van der Waals surface area contributed by atoms with E-state index in [-0.39, 0.29) is 36.3 Å². The molecule has 0 spiro atoms. The molecule has 1 aliphatic carbocycles. The number of hydrogen-bond acceptors (Lipinski definition) is 5. The fourth-order valence-corrected chi connectivity index (χ4v) is 6.30. The molecule has 36 heavy (non-hydrogen) atoms. The van der Waals surface area contributed by atoms with Gasteiger partial charge in [0, 0.05) is 27.9 Å². The fraction of sp³-hybridized carbons (Fsp3) is 0.310. The third-order valence-corrected chi connectivity index (χ3v) is 8.24. The van der Waals surface area contributed by atoms with Crippen LogP contribution in [0.25, 0.3) is 0 Å². The number of nitrogens with zero attached hydrogens (tertiary/aromatic N) is 1. The molecule has 3 aromatic rings. The molecule has 5 rings (SSSR count). The van der Waals surface area contributed by atoms with Gasteiger partial charge in [-0.1, -0.05) is 71.9 Å². The molecular weight excluding hydrogens is 494 g/mol. The molecule has 7 heteroatoms. The number of esters is 1. The first-order valence-corrected chi connectivity index (χ1v) is 13.5. The van der Waals surface area contributed by atoms with Crippen molar-refractivity contribution in [1.29, 1.82) is 0 Å². The normalized spacial score (nSPS) is 20.7. The highest BCUT2D eigenvalue weighted by molar-refractivity contribution is 7.99. The van der Waals surface area contributed by atoms with Gasteiger partial charge in [-0.3, -0.25) is 4.79 Å². The third-order valence-electron chi connectivity index (χ3n) is 6.62. The van der Waals surface area contributed by atoms with Crippen LogP contribution in [0.4, 0.5) is 0 Å². The maximum absolute atomic E-state index is 13.9. The largest absolute Gasteiger partial charge is 0.482 e. The number of ether oxygens (including phenoxy) is 2. The van der Waals surface area contributed by atoms with Crippen LogP contribution in [0.5, 0.6) is 5.75 Å². The highest BCUT2D eigenvalue weighted by Crippen LogP contribution is 2.52. The summed E-state index contributed by atoms with van der Waals surface area (Å²) >= 11 is 8.06. The van der Waals surface area contributed by atoms with Gasteiger partial charge in [-0.05, 0) is 61.1 Å². The van der Waals surface area contributed by atoms with Gasteiger partial charge in [0.25, 0.3) is 0 Å². The average Bonchev–Trinajstić information content (AvgIpc) is 3.71. The van der Waals surface area contributed by atoms with E-state index in [4.69, 9.17) is 21.1 Å². The summed E-state index contributed by atoms with van der Waals surface area (Å²) < 4.78 is 10.9. The van der Waals surface area contributed by atoms with Crippen LogP contribution in [0.2, 0.25) is 5.02 Å². The summed E-state index contributed by atoms with van der Waals surface area (Å²) in [5.41, 5.74) is 3.20. The van der Waals surface area contributed by atoms with Crippen LogP contribution >= 0.6 is 23.4 Å². The molecule has 3 atom stereocenters. The minimum Gasteiger partial charge on any atom is -0.482 e. The summed E-state index contributed by atoms with van der Waals surface area (Å²) in [6, 6.07) is 23.8. The first-order valence-electron chi connectivity index (χ1n) is 12.2. The van der Waals surface area contributed by atoms with E-state index in [9.17, 15) is 9.59 Å². The molecule has 1 saturated carbocycles. The Hall–Kier alpha value is -2.96. The van der Waals surface area contributed by atoms with Gasteiger partial charge in [-0.2, -0.15) is 0 Å². The minimum absolute atomic E-state index is 0.0419. The predicted molar refractivity (Wildman–Crippen MR) is 141 cm³/mol. The lowest BCUT2D eigenvalue weighted by Crippen LogP contribution is -2.36. The van der Waals surface area contributed by atoms with Crippen molar-refractivity contribution in [1.82, 2.24) is 4.90 Å². The Morgan fingerprint density at radius 2 is 1.83 bits per heavy atom. The van der Waals surface area contributed by atoms with Crippen molar-refractivity contribution in [2.24, 2.45) is 5.92 Å². The molecule has 3 aromatic carbocycles. The second-order valence-corrected chi connectivity index (χ2v) is 10.6. The Morgan fingerprint density at radius 3 is 2.64 bits per heavy atom. The van der Waals surface area contributed by atoms with Crippen molar-refractivity contribution >= 4 is 35.2 Å². The second-order valence-electron chi connectivity index (χ2n) is 8.99. The second kappa shape index (κ2) is 11.0. The fourth-order valence-electron chi connectivity index (χ4n) is 4.76. The van der Waals surface area contributed by atoms with Crippen molar-refractivity contribution in [2.75, 3.05) is 19.8 Å². The van der Waals surface area contributed by atoms with Crippen molar-refractivity contribution in [2.45, 2.75) is 36.0 Å². The van der Waals surface area contributed by atoms with Crippen LogP contribution in [0.1, 0.15) is 41.3 Å². The van der Waals surface area contributed by atoms with E-state index in [2.05, 4.69) is 24.3 Å². The molecule has 1 fully saturated rings. The summed E-state index contributed by atoms with van der Waals surface area (Å²) in [5, 5.41) is 0.210. The summed E-state index contributed by atoms with van der Waals surface area (Å²) in [5.74, 6) is 0.436. The number of fused-ring (bicyclic) bond motifs is 1. The van der Waals surface area contributed by atoms with Crippen LogP contribution in [0.15, 0.2) is 77.7 Å². The first-order chi connectivity index (χ1) is 17.5. The van der Waals surface area contributed by atoms with E-state index in [0.29, 0.717) is 17.3 Å². The van der Waals surface area contributed by atoms with Crippen LogP contribution < -0.4 is 4.74 Å². The van der Waals surface area contributed by atoms with Crippen LogP contribution in [-0.4, -0.2) is 36.5 Å². The molecule has 1 aliphatic heterocycles. The van der Waals surface area contributed by atoms with Gasteiger partial charge in [-0.15, -0.1) is 0 Å². The summed E-state index contributed by atoms with van der Waals surface area (Å²) in [7, 11) is 0. The molecule has 186 valence electrons. The standard InChI is InChI=1S/C29H28ClNO4S/c1-2-34-27(32)18-35-25-13-12-21(30)16-24(25)29-31(15-14-20-10-6-7-11-26(20)36-29)28(33)23-17-22(23)19-8-4-3-5-9-19/h3-13,16,22-23,29H,2,14-15,17-18H2,1H3/t22-,23+,29+/m1/s1. The van der Waals surface area contributed by atoms with Crippen molar-refractivity contribution in [3.8, 4) is 5.75 Å². The van der Waals surface area contributed by atoms with E-state index in [0.717, 1.165) is 23.3 Å². The Morgan fingerprint density at radius 1 is 1.06 bits per heavy atom. The first kappa shape index (κ1) is 24.7. The lowest BCUT2D eigenvalue weighted by molar-refractivity contribution is -0.145. The van der Waals surface area contributed by atoms with Crippen molar-refractivity contribution < 1.29 is 19.1 Å². The molecule has 0 aromatic heterocycles. The zero-order valence-corrected chi connectivity index (χ0v) is 21.6. The molecular formula is C29H28ClNO4S. The molecule has 1 amide bonds. The number of carbonyl (C=O) groups is 2.